The van der Waals surface area contributed by atoms with E-state index >= 15 is 0 Å². The molecule has 4 saturated heterocycles. The van der Waals surface area contributed by atoms with Gasteiger partial charge in [-0.1, -0.05) is 6.07 Å². The summed E-state index contributed by atoms with van der Waals surface area (Å²) in [6.07, 6.45) is 14.5. The van der Waals surface area contributed by atoms with Crippen LogP contribution in [0.25, 0.3) is 0 Å². The summed E-state index contributed by atoms with van der Waals surface area (Å²) in [5.74, 6) is -0.960. The molecule has 1 aromatic carbocycles. The standard InChI is InChI=1S/C25H31FN4O4S.C14H26N2O4S.C11H22N2O2.C9H18N2O2S/c1-29(35(33,34)18-7-8-18)17-10-12-30(13-11-17)25(32)21-14-16(6-9-22(21)26)15-23-19-4-2-3-5-20(19)24(31)28-27-23;1-14(2,3)20-13(17)16-9-7-11(8-10-16)15(4)21(18,19)12-5-6-12;1-11(2,3)15-10(14)13-7-5-9(12-4)6-8-13;1-11(8-4-6-10-7-5-8)14(12,13)9-2-3-9/h6,9,14,17-18H,2-5,7-8,10-13,15H2,1H3,(H,28,31);11-12H,5-10H2,1-4H3;9,12H,5-8H2,1-4H3;8-10H,2-7H2,1H3. The molecule has 4 aliphatic carbocycles. The highest BCUT2D eigenvalue weighted by molar-refractivity contribution is 7.90. The molecule has 1 aromatic heterocycles. The predicted molar refractivity (Wildman–Crippen MR) is 325 cm³/mol. The third-order valence-corrected chi connectivity index (χ3v) is 24.6. The van der Waals surface area contributed by atoms with E-state index in [1.54, 1.807) is 52.3 Å². The molecule has 7 fully saturated rings. The maximum atomic E-state index is 14.7. The first-order valence-electron chi connectivity index (χ1n) is 30.8. The molecule has 8 aliphatic rings. The number of likely N-dealkylation sites (tertiary alicyclic amines) is 3. The molecule has 0 spiro atoms. The quantitative estimate of drug-likeness (QED) is 0.208. The lowest BCUT2D eigenvalue weighted by atomic mass is 9.90. The van der Waals surface area contributed by atoms with Crippen molar-refractivity contribution in [3.8, 4) is 0 Å². The molecule has 22 nitrogen and oxygen atoms in total. The van der Waals surface area contributed by atoms with E-state index in [1.807, 2.05) is 48.6 Å². The second-order valence-electron chi connectivity index (χ2n) is 26.2. The van der Waals surface area contributed by atoms with Gasteiger partial charge < -0.3 is 34.8 Å². The molecule has 0 unspecified atom stereocenters. The second kappa shape index (κ2) is 28.9. The Morgan fingerprint density at radius 1 is 0.612 bits per heavy atom. The number of benzene rings is 1. The fourth-order valence-electron chi connectivity index (χ4n) is 11.5. The van der Waals surface area contributed by atoms with Gasteiger partial charge in [0.2, 0.25) is 30.1 Å². The number of carbonyl (C=O) groups is 3. The topological polar surface area (TPSA) is 261 Å². The number of carbonyl (C=O) groups excluding carboxylic acids is 3. The highest BCUT2D eigenvalue weighted by atomic mass is 32.2. The minimum atomic E-state index is -3.27. The van der Waals surface area contributed by atoms with Crippen molar-refractivity contribution in [2.45, 2.75) is 215 Å². The molecule has 3 saturated carbocycles. The zero-order valence-corrected chi connectivity index (χ0v) is 54.4. The van der Waals surface area contributed by atoms with E-state index in [0.717, 1.165) is 138 Å². The number of piperidine rings is 4. The van der Waals surface area contributed by atoms with Crippen LogP contribution in [0.1, 0.15) is 177 Å². The highest BCUT2D eigenvalue weighted by Gasteiger charge is 2.44. The Kier molecular flexibility index (Phi) is 23.2. The number of aromatic nitrogens is 2. The zero-order valence-electron chi connectivity index (χ0n) is 52.0. The third-order valence-electron chi connectivity index (χ3n) is 17.3. The van der Waals surface area contributed by atoms with Crippen molar-refractivity contribution in [2.24, 2.45) is 0 Å². The fraction of sp³-hybridized carbons (Fsp3) is 0.780. The molecule has 85 heavy (non-hydrogen) atoms. The lowest BCUT2D eigenvalue weighted by Crippen LogP contribution is -2.48. The summed E-state index contributed by atoms with van der Waals surface area (Å²) in [6.45, 7) is 16.5. The number of amides is 3. The van der Waals surface area contributed by atoms with Gasteiger partial charge in [0.25, 0.3) is 11.5 Å². The van der Waals surface area contributed by atoms with Gasteiger partial charge in [0.05, 0.1) is 27.0 Å². The Bertz CT molecular complexity index is 3010. The molecule has 0 radical (unpaired) electrons. The maximum absolute atomic E-state index is 14.7. The van der Waals surface area contributed by atoms with Crippen LogP contribution in [0.2, 0.25) is 0 Å². The molecule has 2 aromatic rings. The van der Waals surface area contributed by atoms with E-state index in [0.29, 0.717) is 64.3 Å². The van der Waals surface area contributed by atoms with Crippen molar-refractivity contribution in [1.29, 1.82) is 0 Å². The van der Waals surface area contributed by atoms with Crippen LogP contribution in [0.15, 0.2) is 23.0 Å². The Labute approximate surface area is 505 Å². The summed E-state index contributed by atoms with van der Waals surface area (Å²) >= 11 is 0. The molecule has 0 atom stereocenters. The van der Waals surface area contributed by atoms with Crippen LogP contribution in [-0.2, 0) is 58.8 Å². The fourth-order valence-corrected chi connectivity index (χ4v) is 17.0. The molecule has 3 amide bonds. The summed E-state index contributed by atoms with van der Waals surface area (Å²) in [7, 11) is -2.36. The largest absolute Gasteiger partial charge is 0.444 e. The first kappa shape index (κ1) is 68.2. The monoisotopic (exact) mass is 1250 g/mol. The number of nitrogens with zero attached hydrogens (tertiary/aromatic N) is 7. The SMILES string of the molecule is CN(C1CCN(C(=O)OC(C)(C)C)CC1)S(=O)(=O)C1CC1.CN(C1CCN(C(=O)c2cc(Cc3n[nH]c(=O)c4c3CCCC4)ccc2F)CC1)S(=O)(=O)C1CC1.CN(C1CCNCC1)S(=O)(=O)C1CC1.CNC1CCN(C(=O)OC(C)(C)C)CC1. The minimum absolute atomic E-state index is 0.00529. The first-order valence-corrected chi connectivity index (χ1v) is 35.3. The van der Waals surface area contributed by atoms with E-state index in [4.69, 9.17) is 9.47 Å². The number of aromatic amines is 1. The number of hydrogen-bond donors (Lipinski definition) is 3. The van der Waals surface area contributed by atoms with Gasteiger partial charge in [0.1, 0.15) is 17.0 Å². The van der Waals surface area contributed by atoms with Gasteiger partial charge in [-0.15, -0.1) is 0 Å². The van der Waals surface area contributed by atoms with Gasteiger partial charge in [-0.25, -0.2) is 57.2 Å². The number of fused-ring (bicyclic) bond motifs is 1. The Balaban J connectivity index is 0.000000176. The van der Waals surface area contributed by atoms with Crippen molar-refractivity contribution in [1.82, 2.24) is 48.4 Å². The third kappa shape index (κ3) is 18.9. The predicted octanol–water partition coefficient (Wildman–Crippen LogP) is 5.98. The summed E-state index contributed by atoms with van der Waals surface area (Å²) < 4.78 is 103. The summed E-state index contributed by atoms with van der Waals surface area (Å²) in [6, 6.07) is 5.16. The number of H-pyrrole nitrogens is 1. The molecule has 10 rings (SSSR count). The van der Waals surface area contributed by atoms with Crippen molar-refractivity contribution in [3.63, 3.8) is 0 Å². The molecule has 5 heterocycles. The van der Waals surface area contributed by atoms with Crippen molar-refractivity contribution >= 4 is 48.2 Å². The van der Waals surface area contributed by atoms with Gasteiger partial charge in [0, 0.05) is 96.6 Å². The van der Waals surface area contributed by atoms with Gasteiger partial charge in [-0.2, -0.15) is 5.10 Å². The second-order valence-corrected chi connectivity index (χ2v) is 33.0. The summed E-state index contributed by atoms with van der Waals surface area (Å²) in [4.78, 5) is 54.1. The first-order chi connectivity index (χ1) is 39.9. The minimum Gasteiger partial charge on any atom is -0.444 e. The summed E-state index contributed by atoms with van der Waals surface area (Å²) in [5, 5.41) is 12.8. The van der Waals surface area contributed by atoms with Crippen LogP contribution >= 0.6 is 0 Å². The van der Waals surface area contributed by atoms with Gasteiger partial charge in [-0.3, -0.25) is 9.59 Å². The normalized spacial score (nSPS) is 20.8. The number of ether oxygens (including phenoxy) is 2. The Hall–Kier alpha value is -4.31. The number of sulfonamides is 3. The van der Waals surface area contributed by atoms with E-state index in [1.165, 1.54) is 14.7 Å². The molecule has 3 N–H and O–H groups in total. The van der Waals surface area contributed by atoms with E-state index in [9.17, 15) is 48.8 Å². The number of halogens is 1. The average molecular weight is 1250 g/mol. The molecular formula is C59H97FN10O12S3. The molecular weight excluding hydrogens is 1160 g/mol. The number of nitrogens with one attached hydrogen (secondary N) is 3. The van der Waals surface area contributed by atoms with E-state index in [-0.39, 0.29) is 63.1 Å². The Morgan fingerprint density at radius 3 is 1.42 bits per heavy atom. The number of hydrogen-bond acceptors (Lipinski definition) is 15. The van der Waals surface area contributed by atoms with Crippen LogP contribution in [0.5, 0.6) is 0 Å². The van der Waals surface area contributed by atoms with Crippen molar-refractivity contribution in [3.05, 3.63) is 62.3 Å². The molecule has 480 valence electrons. The van der Waals surface area contributed by atoms with Crippen molar-refractivity contribution < 1.29 is 53.5 Å². The highest BCUT2D eigenvalue weighted by Crippen LogP contribution is 2.35. The molecule has 26 heteroatoms. The average Bonchev–Trinajstić information content (AvgIpc) is 3.63. The van der Waals surface area contributed by atoms with E-state index in [2.05, 4.69) is 20.8 Å². The van der Waals surface area contributed by atoms with E-state index < -0.39 is 47.1 Å². The van der Waals surface area contributed by atoms with Crippen LogP contribution < -0.4 is 16.2 Å². The van der Waals surface area contributed by atoms with Crippen LogP contribution in [0, 0.1) is 5.82 Å². The van der Waals surface area contributed by atoms with Crippen molar-refractivity contribution in [2.75, 3.05) is 80.5 Å². The van der Waals surface area contributed by atoms with Gasteiger partial charge >= 0.3 is 12.2 Å². The maximum Gasteiger partial charge on any atom is 0.410 e. The van der Waals surface area contributed by atoms with Crippen LogP contribution in [-0.4, -0.2) is 213 Å². The molecule has 0 bridgehead atoms. The van der Waals surface area contributed by atoms with Crippen LogP contribution in [0.3, 0.4) is 0 Å². The van der Waals surface area contributed by atoms with Gasteiger partial charge in [0.15, 0.2) is 0 Å². The Morgan fingerprint density at radius 2 is 1.01 bits per heavy atom. The lowest BCUT2D eigenvalue weighted by Gasteiger charge is -2.36. The van der Waals surface area contributed by atoms with Gasteiger partial charge in [-0.05, 0) is 201 Å². The smallest absolute Gasteiger partial charge is 0.410 e. The zero-order chi connectivity index (χ0) is 62.2. The van der Waals surface area contributed by atoms with Crippen LogP contribution in [0.4, 0.5) is 14.0 Å². The summed E-state index contributed by atoms with van der Waals surface area (Å²) in [5.41, 5.74) is 2.27. The molecule has 4 aliphatic heterocycles. The lowest BCUT2D eigenvalue weighted by molar-refractivity contribution is 0.0177. The number of rotatable bonds is 13.